The fourth-order valence-corrected chi connectivity index (χ4v) is 2.20. The third-order valence-electron chi connectivity index (χ3n) is 2.71. The zero-order valence-corrected chi connectivity index (χ0v) is 12.1. The lowest BCUT2D eigenvalue weighted by molar-refractivity contribution is 0.0768. The molecule has 0 aliphatic carbocycles. The summed E-state index contributed by atoms with van der Waals surface area (Å²) >= 11 is 1.43. The first kappa shape index (κ1) is 14.5. The van der Waals surface area contributed by atoms with Crippen LogP contribution in [-0.4, -0.2) is 36.0 Å². The SMILES string of the molecule is Cc1nc(C(=O)N(C)CCOc2ccccc2F)cs1. The van der Waals surface area contributed by atoms with E-state index in [-0.39, 0.29) is 18.3 Å². The highest BCUT2D eigenvalue weighted by Crippen LogP contribution is 2.15. The molecule has 4 nitrogen and oxygen atoms in total. The molecule has 0 bridgehead atoms. The molecule has 6 heteroatoms. The second-order valence-corrected chi connectivity index (χ2v) is 5.32. The summed E-state index contributed by atoms with van der Waals surface area (Å²) in [6.45, 7) is 2.44. The molecule has 1 heterocycles. The molecule has 1 aromatic heterocycles. The molecule has 106 valence electrons. The third-order valence-corrected chi connectivity index (χ3v) is 3.48. The summed E-state index contributed by atoms with van der Waals surface area (Å²) in [7, 11) is 1.67. The van der Waals surface area contributed by atoms with Crippen molar-refractivity contribution >= 4 is 17.2 Å². The molecular formula is C14H15FN2O2S. The maximum atomic E-state index is 13.3. The van der Waals surface area contributed by atoms with Crippen LogP contribution in [0.2, 0.25) is 0 Å². The van der Waals surface area contributed by atoms with E-state index in [0.717, 1.165) is 5.01 Å². The van der Waals surface area contributed by atoms with Gasteiger partial charge in [0.2, 0.25) is 0 Å². The summed E-state index contributed by atoms with van der Waals surface area (Å²) in [5.74, 6) is -0.374. The number of rotatable bonds is 5. The number of carbonyl (C=O) groups excluding carboxylic acids is 1. The summed E-state index contributed by atoms with van der Waals surface area (Å²) in [5.41, 5.74) is 0.431. The molecule has 0 radical (unpaired) electrons. The molecule has 0 atom stereocenters. The Morgan fingerprint density at radius 3 is 2.85 bits per heavy atom. The van der Waals surface area contributed by atoms with Crippen LogP contribution in [0.15, 0.2) is 29.6 Å². The molecule has 0 aliphatic heterocycles. The zero-order valence-electron chi connectivity index (χ0n) is 11.3. The van der Waals surface area contributed by atoms with Gasteiger partial charge >= 0.3 is 0 Å². The first-order valence-corrected chi connectivity index (χ1v) is 7.01. The Morgan fingerprint density at radius 2 is 2.20 bits per heavy atom. The van der Waals surface area contributed by atoms with Crippen LogP contribution in [-0.2, 0) is 0 Å². The zero-order chi connectivity index (χ0) is 14.5. The van der Waals surface area contributed by atoms with Gasteiger partial charge in [0, 0.05) is 12.4 Å². The summed E-state index contributed by atoms with van der Waals surface area (Å²) in [6, 6.07) is 6.19. The molecule has 0 spiro atoms. The topological polar surface area (TPSA) is 42.4 Å². The lowest BCUT2D eigenvalue weighted by Gasteiger charge is -2.16. The molecule has 0 unspecified atom stereocenters. The fraction of sp³-hybridized carbons (Fsp3) is 0.286. The van der Waals surface area contributed by atoms with Gasteiger partial charge in [0.1, 0.15) is 12.3 Å². The van der Waals surface area contributed by atoms with E-state index in [1.54, 1.807) is 30.6 Å². The number of aromatic nitrogens is 1. The smallest absolute Gasteiger partial charge is 0.273 e. The largest absolute Gasteiger partial charge is 0.489 e. The predicted molar refractivity (Wildman–Crippen MR) is 75.7 cm³/mol. The first-order valence-electron chi connectivity index (χ1n) is 6.13. The average molecular weight is 294 g/mol. The maximum absolute atomic E-state index is 13.3. The number of likely N-dealkylation sites (N-methyl/N-ethyl adjacent to an activating group) is 1. The third kappa shape index (κ3) is 3.54. The monoisotopic (exact) mass is 294 g/mol. The van der Waals surface area contributed by atoms with Gasteiger partial charge in [-0.1, -0.05) is 12.1 Å². The molecule has 2 aromatic rings. The minimum Gasteiger partial charge on any atom is -0.489 e. The van der Waals surface area contributed by atoms with E-state index in [1.165, 1.54) is 22.3 Å². The number of amides is 1. The van der Waals surface area contributed by atoms with E-state index in [1.807, 2.05) is 6.92 Å². The van der Waals surface area contributed by atoms with Crippen molar-refractivity contribution in [2.75, 3.05) is 20.2 Å². The number of thiazole rings is 1. The molecule has 0 saturated heterocycles. The number of halogens is 1. The minimum absolute atomic E-state index is 0.161. The molecule has 2 rings (SSSR count). The molecule has 1 amide bonds. The lowest BCUT2D eigenvalue weighted by atomic mass is 10.3. The standard InChI is InChI=1S/C14H15FN2O2S/c1-10-16-12(9-20-10)14(18)17(2)7-8-19-13-6-4-3-5-11(13)15/h3-6,9H,7-8H2,1-2H3. The maximum Gasteiger partial charge on any atom is 0.273 e. The highest BCUT2D eigenvalue weighted by atomic mass is 32.1. The Hall–Kier alpha value is -1.95. The number of hydrogen-bond donors (Lipinski definition) is 0. The van der Waals surface area contributed by atoms with Crippen molar-refractivity contribution in [2.45, 2.75) is 6.92 Å². The van der Waals surface area contributed by atoms with Crippen molar-refractivity contribution in [2.24, 2.45) is 0 Å². The second kappa shape index (κ2) is 6.47. The van der Waals surface area contributed by atoms with Crippen LogP contribution in [0.5, 0.6) is 5.75 Å². The van der Waals surface area contributed by atoms with Gasteiger partial charge in [-0.25, -0.2) is 9.37 Å². The van der Waals surface area contributed by atoms with E-state index >= 15 is 0 Å². The number of ether oxygens (including phenoxy) is 1. The van der Waals surface area contributed by atoms with E-state index < -0.39 is 5.82 Å². The Bertz CT molecular complexity index is 600. The summed E-state index contributed by atoms with van der Waals surface area (Å²) in [4.78, 5) is 17.7. The van der Waals surface area contributed by atoms with Crippen LogP contribution >= 0.6 is 11.3 Å². The van der Waals surface area contributed by atoms with Crippen molar-refractivity contribution in [3.05, 3.63) is 46.2 Å². The molecule has 20 heavy (non-hydrogen) atoms. The summed E-state index contributed by atoms with van der Waals surface area (Å²) < 4.78 is 18.6. The van der Waals surface area contributed by atoms with Gasteiger partial charge in [0.25, 0.3) is 5.91 Å². The van der Waals surface area contributed by atoms with Crippen molar-refractivity contribution in [3.8, 4) is 5.75 Å². The molecule has 0 fully saturated rings. The van der Waals surface area contributed by atoms with E-state index in [9.17, 15) is 9.18 Å². The number of nitrogens with zero attached hydrogens (tertiary/aromatic N) is 2. The number of hydrogen-bond acceptors (Lipinski definition) is 4. The molecule has 0 aliphatic rings. The second-order valence-electron chi connectivity index (χ2n) is 4.26. The molecular weight excluding hydrogens is 279 g/mol. The van der Waals surface area contributed by atoms with Gasteiger partial charge in [-0.05, 0) is 19.1 Å². The highest BCUT2D eigenvalue weighted by molar-refractivity contribution is 7.09. The van der Waals surface area contributed by atoms with E-state index in [0.29, 0.717) is 12.2 Å². The Morgan fingerprint density at radius 1 is 1.45 bits per heavy atom. The van der Waals surface area contributed by atoms with E-state index in [2.05, 4.69) is 4.98 Å². The van der Waals surface area contributed by atoms with Crippen LogP contribution in [0.25, 0.3) is 0 Å². The molecule has 0 saturated carbocycles. The van der Waals surface area contributed by atoms with Gasteiger partial charge in [0.15, 0.2) is 11.6 Å². The van der Waals surface area contributed by atoms with Gasteiger partial charge < -0.3 is 9.64 Å². The van der Waals surface area contributed by atoms with Crippen molar-refractivity contribution in [1.82, 2.24) is 9.88 Å². The predicted octanol–water partition coefficient (Wildman–Crippen LogP) is 2.74. The lowest BCUT2D eigenvalue weighted by Crippen LogP contribution is -2.31. The molecule has 1 aromatic carbocycles. The number of carbonyl (C=O) groups is 1. The number of benzene rings is 1. The van der Waals surface area contributed by atoms with Gasteiger partial charge in [0.05, 0.1) is 11.6 Å². The van der Waals surface area contributed by atoms with Gasteiger partial charge in [-0.2, -0.15) is 0 Å². The van der Waals surface area contributed by atoms with Crippen molar-refractivity contribution in [1.29, 1.82) is 0 Å². The Labute approximate surface area is 120 Å². The summed E-state index contributed by atoms with van der Waals surface area (Å²) in [5, 5.41) is 2.58. The number of para-hydroxylation sites is 1. The van der Waals surface area contributed by atoms with Crippen LogP contribution in [0.1, 0.15) is 15.5 Å². The van der Waals surface area contributed by atoms with Crippen LogP contribution in [0.4, 0.5) is 4.39 Å². The minimum atomic E-state index is -0.406. The van der Waals surface area contributed by atoms with Crippen LogP contribution in [0.3, 0.4) is 0 Å². The van der Waals surface area contributed by atoms with Crippen molar-refractivity contribution in [3.63, 3.8) is 0 Å². The van der Waals surface area contributed by atoms with E-state index in [4.69, 9.17) is 4.74 Å². The first-order chi connectivity index (χ1) is 9.58. The van der Waals surface area contributed by atoms with Gasteiger partial charge in [-0.15, -0.1) is 11.3 Å². The highest BCUT2D eigenvalue weighted by Gasteiger charge is 2.14. The Kier molecular flexibility index (Phi) is 4.68. The van der Waals surface area contributed by atoms with Crippen LogP contribution in [0, 0.1) is 12.7 Å². The fourth-order valence-electron chi connectivity index (χ4n) is 1.61. The Balaban J connectivity index is 1.85. The summed E-state index contributed by atoms with van der Waals surface area (Å²) in [6.07, 6.45) is 0. The molecule has 0 N–H and O–H groups in total. The van der Waals surface area contributed by atoms with Crippen LogP contribution < -0.4 is 4.74 Å². The van der Waals surface area contributed by atoms with Gasteiger partial charge in [-0.3, -0.25) is 4.79 Å². The number of aryl methyl sites for hydroxylation is 1. The normalized spacial score (nSPS) is 10.3. The average Bonchev–Trinajstić information content (AvgIpc) is 2.86. The van der Waals surface area contributed by atoms with Crippen molar-refractivity contribution < 1.29 is 13.9 Å². The quantitative estimate of drug-likeness (QED) is 0.851.